The zero-order valence-corrected chi connectivity index (χ0v) is 12.3. The fourth-order valence-electron chi connectivity index (χ4n) is 1.92. The molecule has 0 bridgehead atoms. The summed E-state index contributed by atoms with van der Waals surface area (Å²) < 4.78 is 0. The van der Waals surface area contributed by atoms with Crippen LogP contribution in [-0.2, 0) is 4.79 Å². The minimum Gasteiger partial charge on any atom is -0.396 e. The van der Waals surface area contributed by atoms with Crippen LogP contribution in [0, 0.1) is 17.3 Å². The van der Waals surface area contributed by atoms with Gasteiger partial charge in [-0.1, -0.05) is 27.7 Å². The summed E-state index contributed by atoms with van der Waals surface area (Å²) in [6.07, 6.45) is 2.64. The highest BCUT2D eigenvalue weighted by molar-refractivity contribution is 5.78. The van der Waals surface area contributed by atoms with Gasteiger partial charge >= 0.3 is 0 Å². The Kier molecular flexibility index (Phi) is 8.20. The number of carbonyl (C=O) groups is 1. The Balaban J connectivity index is 3.91. The average Bonchev–Trinajstić information content (AvgIpc) is 2.29. The normalized spacial score (nSPS) is 15.2. The Morgan fingerprint density at radius 1 is 1.39 bits per heavy atom. The standard InChI is InChI=1S/C14H30N2O2/c1-11(10-17)6-5-7-16-13(18)12(9-15)8-14(2,3)4/h11-12,17H,5-10,15H2,1-4H3,(H,16,18). The van der Waals surface area contributed by atoms with Gasteiger partial charge in [-0.2, -0.15) is 0 Å². The maximum Gasteiger partial charge on any atom is 0.224 e. The smallest absolute Gasteiger partial charge is 0.224 e. The monoisotopic (exact) mass is 258 g/mol. The van der Waals surface area contributed by atoms with Gasteiger partial charge < -0.3 is 16.2 Å². The van der Waals surface area contributed by atoms with E-state index in [-0.39, 0.29) is 23.8 Å². The van der Waals surface area contributed by atoms with E-state index in [1.54, 1.807) is 0 Å². The van der Waals surface area contributed by atoms with E-state index in [0.717, 1.165) is 19.3 Å². The van der Waals surface area contributed by atoms with Gasteiger partial charge in [0.2, 0.25) is 5.91 Å². The number of hydrogen-bond acceptors (Lipinski definition) is 3. The van der Waals surface area contributed by atoms with Crippen LogP contribution < -0.4 is 11.1 Å². The lowest BCUT2D eigenvalue weighted by atomic mass is 9.84. The predicted octanol–water partition coefficient (Wildman–Crippen LogP) is 1.52. The summed E-state index contributed by atoms with van der Waals surface area (Å²) in [7, 11) is 0. The molecule has 0 radical (unpaired) electrons. The topological polar surface area (TPSA) is 75.3 Å². The Morgan fingerprint density at radius 2 is 2.00 bits per heavy atom. The number of amides is 1. The van der Waals surface area contributed by atoms with Crippen molar-refractivity contribution in [1.29, 1.82) is 0 Å². The maximum absolute atomic E-state index is 11.9. The highest BCUT2D eigenvalue weighted by Crippen LogP contribution is 2.23. The molecule has 4 N–H and O–H groups in total. The molecule has 0 aromatic rings. The van der Waals surface area contributed by atoms with Crippen molar-refractivity contribution in [2.45, 2.75) is 47.0 Å². The molecule has 2 atom stereocenters. The second kappa shape index (κ2) is 8.48. The molecule has 0 aromatic carbocycles. The van der Waals surface area contributed by atoms with Crippen LogP contribution in [0.5, 0.6) is 0 Å². The lowest BCUT2D eigenvalue weighted by Gasteiger charge is -2.24. The van der Waals surface area contributed by atoms with Crippen molar-refractivity contribution < 1.29 is 9.90 Å². The summed E-state index contributed by atoms with van der Waals surface area (Å²) in [6, 6.07) is 0. The van der Waals surface area contributed by atoms with E-state index in [4.69, 9.17) is 10.8 Å². The highest BCUT2D eigenvalue weighted by Gasteiger charge is 2.23. The Bertz CT molecular complexity index is 236. The van der Waals surface area contributed by atoms with E-state index >= 15 is 0 Å². The van der Waals surface area contributed by atoms with Crippen molar-refractivity contribution in [1.82, 2.24) is 5.32 Å². The van der Waals surface area contributed by atoms with Gasteiger partial charge in [-0.05, 0) is 30.6 Å². The van der Waals surface area contributed by atoms with Crippen LogP contribution in [0.1, 0.15) is 47.0 Å². The zero-order valence-electron chi connectivity index (χ0n) is 12.3. The highest BCUT2D eigenvalue weighted by atomic mass is 16.3. The summed E-state index contributed by atoms with van der Waals surface area (Å²) >= 11 is 0. The summed E-state index contributed by atoms with van der Waals surface area (Å²) in [5.74, 6) is 0.270. The van der Waals surface area contributed by atoms with Gasteiger partial charge in [0.15, 0.2) is 0 Å². The first-order chi connectivity index (χ1) is 8.30. The second-order valence-electron chi connectivity index (χ2n) is 6.42. The fraction of sp³-hybridized carbons (Fsp3) is 0.929. The molecule has 0 aliphatic carbocycles. The first-order valence-corrected chi connectivity index (χ1v) is 6.88. The minimum absolute atomic E-state index is 0.0593. The molecule has 0 saturated carbocycles. The lowest BCUT2D eigenvalue weighted by Crippen LogP contribution is -2.37. The van der Waals surface area contributed by atoms with Crippen molar-refractivity contribution >= 4 is 5.91 Å². The van der Waals surface area contributed by atoms with Crippen molar-refractivity contribution in [3.63, 3.8) is 0 Å². The predicted molar refractivity (Wildman–Crippen MR) is 75.1 cm³/mol. The average molecular weight is 258 g/mol. The third kappa shape index (κ3) is 8.48. The molecular weight excluding hydrogens is 228 g/mol. The number of nitrogens with two attached hydrogens (primary N) is 1. The molecule has 0 saturated heterocycles. The van der Waals surface area contributed by atoms with Gasteiger partial charge in [0.05, 0.1) is 5.92 Å². The summed E-state index contributed by atoms with van der Waals surface area (Å²) in [4.78, 5) is 11.9. The minimum atomic E-state index is -0.0970. The second-order valence-corrected chi connectivity index (χ2v) is 6.42. The van der Waals surface area contributed by atoms with E-state index in [1.807, 2.05) is 6.92 Å². The third-order valence-corrected chi connectivity index (χ3v) is 3.00. The Hall–Kier alpha value is -0.610. The Labute approximate surface area is 111 Å². The zero-order chi connectivity index (χ0) is 14.2. The van der Waals surface area contributed by atoms with Crippen LogP contribution in [0.15, 0.2) is 0 Å². The number of carbonyl (C=O) groups excluding carboxylic acids is 1. The van der Waals surface area contributed by atoms with Gasteiger partial charge in [0.25, 0.3) is 0 Å². The largest absolute Gasteiger partial charge is 0.396 e. The van der Waals surface area contributed by atoms with E-state index < -0.39 is 0 Å². The van der Waals surface area contributed by atoms with Crippen molar-refractivity contribution in [3.8, 4) is 0 Å². The van der Waals surface area contributed by atoms with Crippen LogP contribution in [0.25, 0.3) is 0 Å². The fourth-order valence-corrected chi connectivity index (χ4v) is 1.92. The van der Waals surface area contributed by atoms with E-state index in [0.29, 0.717) is 19.0 Å². The number of hydrogen-bond donors (Lipinski definition) is 3. The van der Waals surface area contributed by atoms with Crippen molar-refractivity contribution in [2.24, 2.45) is 23.0 Å². The van der Waals surface area contributed by atoms with Gasteiger partial charge in [0.1, 0.15) is 0 Å². The summed E-state index contributed by atoms with van der Waals surface area (Å²) in [5, 5.41) is 11.8. The number of nitrogens with one attached hydrogen (secondary N) is 1. The van der Waals surface area contributed by atoms with E-state index in [9.17, 15) is 4.79 Å². The van der Waals surface area contributed by atoms with Crippen LogP contribution in [0.3, 0.4) is 0 Å². The molecule has 4 heteroatoms. The number of rotatable bonds is 8. The van der Waals surface area contributed by atoms with E-state index in [2.05, 4.69) is 26.1 Å². The molecule has 108 valence electrons. The van der Waals surface area contributed by atoms with Gasteiger partial charge in [-0.3, -0.25) is 4.79 Å². The van der Waals surface area contributed by atoms with Crippen LogP contribution >= 0.6 is 0 Å². The van der Waals surface area contributed by atoms with Crippen molar-refractivity contribution in [2.75, 3.05) is 19.7 Å². The van der Waals surface area contributed by atoms with Crippen molar-refractivity contribution in [3.05, 3.63) is 0 Å². The molecule has 0 fully saturated rings. The van der Waals surface area contributed by atoms with Crippen LogP contribution in [-0.4, -0.2) is 30.7 Å². The maximum atomic E-state index is 11.9. The van der Waals surface area contributed by atoms with Gasteiger partial charge in [0, 0.05) is 19.7 Å². The molecule has 4 nitrogen and oxygen atoms in total. The lowest BCUT2D eigenvalue weighted by molar-refractivity contribution is -0.125. The molecule has 1 amide bonds. The quantitative estimate of drug-likeness (QED) is 0.578. The SMILES string of the molecule is CC(CO)CCCNC(=O)C(CN)CC(C)(C)C. The van der Waals surface area contributed by atoms with Crippen LogP contribution in [0.4, 0.5) is 0 Å². The van der Waals surface area contributed by atoms with Gasteiger partial charge in [-0.15, -0.1) is 0 Å². The Morgan fingerprint density at radius 3 is 2.44 bits per heavy atom. The molecule has 0 aromatic heterocycles. The summed E-state index contributed by atoms with van der Waals surface area (Å²) in [6.45, 7) is 9.64. The number of aliphatic hydroxyl groups is 1. The van der Waals surface area contributed by atoms with Crippen LogP contribution in [0.2, 0.25) is 0 Å². The molecule has 0 heterocycles. The van der Waals surface area contributed by atoms with E-state index in [1.165, 1.54) is 0 Å². The van der Waals surface area contributed by atoms with Gasteiger partial charge in [-0.25, -0.2) is 0 Å². The molecule has 0 aliphatic heterocycles. The molecule has 0 rings (SSSR count). The molecule has 18 heavy (non-hydrogen) atoms. The molecule has 2 unspecified atom stereocenters. The first kappa shape index (κ1) is 17.4. The summed E-state index contributed by atoms with van der Waals surface area (Å²) in [5.41, 5.74) is 5.78. The molecule has 0 aliphatic rings. The molecular formula is C14H30N2O2. The first-order valence-electron chi connectivity index (χ1n) is 6.88. The third-order valence-electron chi connectivity index (χ3n) is 3.00. The molecule has 0 spiro atoms. The number of aliphatic hydroxyl groups excluding tert-OH is 1.